The Kier molecular flexibility index (Phi) is 4.63. The summed E-state index contributed by atoms with van der Waals surface area (Å²) in [6.07, 6.45) is 1.45. The summed E-state index contributed by atoms with van der Waals surface area (Å²) in [5.74, 6) is 5.35. The van der Waals surface area contributed by atoms with E-state index in [2.05, 4.69) is 47.0 Å². The van der Waals surface area contributed by atoms with Crippen molar-refractivity contribution in [1.29, 1.82) is 0 Å². The van der Waals surface area contributed by atoms with Crippen LogP contribution < -0.4 is 16.0 Å². The molecule has 0 radical (unpaired) electrons. The Balaban J connectivity index is 2.41. The van der Waals surface area contributed by atoms with Crippen molar-refractivity contribution in [2.45, 2.75) is 4.90 Å². The summed E-state index contributed by atoms with van der Waals surface area (Å²) in [6, 6.07) is 8.04. The quantitative estimate of drug-likeness (QED) is 0.520. The number of anilines is 2. The van der Waals surface area contributed by atoms with Gasteiger partial charge in [0.25, 0.3) is 10.0 Å². The Bertz CT molecular complexity index is 737. The molecule has 9 heteroatoms. The van der Waals surface area contributed by atoms with Gasteiger partial charge in [-0.1, -0.05) is 15.9 Å². The van der Waals surface area contributed by atoms with Gasteiger partial charge < -0.3 is 5.43 Å². The number of nitrogen functional groups attached to an aromatic ring is 1. The number of nitrogens with one attached hydrogen (secondary N) is 2. The lowest BCUT2D eigenvalue weighted by atomic mass is 10.3. The molecule has 0 bridgehead atoms. The Morgan fingerprint density at radius 1 is 1.20 bits per heavy atom. The van der Waals surface area contributed by atoms with Gasteiger partial charge in [-0.3, -0.25) is 4.72 Å². The first-order chi connectivity index (χ1) is 9.44. The molecule has 0 saturated carbocycles. The first kappa shape index (κ1) is 15.2. The Morgan fingerprint density at radius 3 is 2.60 bits per heavy atom. The van der Waals surface area contributed by atoms with Gasteiger partial charge in [0.15, 0.2) is 5.82 Å². The molecule has 0 unspecified atom stereocenters. The average Bonchev–Trinajstić information content (AvgIpc) is 2.42. The molecule has 0 fully saturated rings. The van der Waals surface area contributed by atoms with Gasteiger partial charge in [0, 0.05) is 15.1 Å². The lowest BCUT2D eigenvalue weighted by Crippen LogP contribution is -2.18. The number of hydrogen-bond acceptors (Lipinski definition) is 5. The zero-order valence-electron chi connectivity index (χ0n) is 9.97. The molecule has 0 atom stereocenters. The van der Waals surface area contributed by atoms with Gasteiger partial charge in [-0.25, -0.2) is 19.2 Å². The standard InChI is InChI=1S/C11H10Br2N4O2S/c12-7-3-4-9(8(13)6-7)17-20(18,19)10-2-1-5-15-11(10)16-14/h1-6,17H,14H2,(H,15,16). The molecule has 1 aromatic carbocycles. The van der Waals surface area contributed by atoms with Crippen LogP contribution >= 0.6 is 31.9 Å². The largest absolute Gasteiger partial charge is 0.307 e. The van der Waals surface area contributed by atoms with Crippen LogP contribution in [0.5, 0.6) is 0 Å². The van der Waals surface area contributed by atoms with Crippen molar-refractivity contribution in [1.82, 2.24) is 4.98 Å². The number of rotatable bonds is 4. The average molecular weight is 422 g/mol. The van der Waals surface area contributed by atoms with E-state index in [-0.39, 0.29) is 10.7 Å². The molecule has 1 heterocycles. The maximum atomic E-state index is 12.3. The van der Waals surface area contributed by atoms with E-state index in [9.17, 15) is 8.42 Å². The fourth-order valence-corrected chi connectivity index (χ4v) is 3.97. The molecular formula is C11H10Br2N4O2S. The minimum absolute atomic E-state index is 0.0303. The summed E-state index contributed by atoms with van der Waals surface area (Å²) in [5.41, 5.74) is 2.68. The van der Waals surface area contributed by atoms with Gasteiger partial charge in [-0.15, -0.1) is 0 Å². The fourth-order valence-electron chi connectivity index (χ4n) is 1.49. The lowest BCUT2D eigenvalue weighted by molar-refractivity contribution is 0.601. The maximum absolute atomic E-state index is 12.3. The van der Waals surface area contributed by atoms with Crippen LogP contribution in [-0.2, 0) is 10.0 Å². The van der Waals surface area contributed by atoms with Crippen molar-refractivity contribution in [2.75, 3.05) is 10.1 Å². The summed E-state index contributed by atoms with van der Waals surface area (Å²) < 4.78 is 28.6. The molecule has 0 aliphatic carbocycles. The van der Waals surface area contributed by atoms with E-state index in [0.717, 1.165) is 4.47 Å². The van der Waals surface area contributed by atoms with Crippen LogP contribution in [0.25, 0.3) is 0 Å². The highest BCUT2D eigenvalue weighted by Gasteiger charge is 2.20. The molecule has 4 N–H and O–H groups in total. The number of hydrazine groups is 1. The van der Waals surface area contributed by atoms with Crippen molar-refractivity contribution in [3.8, 4) is 0 Å². The van der Waals surface area contributed by atoms with Crippen LogP contribution in [0.1, 0.15) is 0 Å². The van der Waals surface area contributed by atoms with Crippen LogP contribution in [0.15, 0.2) is 50.4 Å². The van der Waals surface area contributed by atoms with Crippen LogP contribution in [0.2, 0.25) is 0 Å². The van der Waals surface area contributed by atoms with Gasteiger partial charge in [-0.2, -0.15) is 0 Å². The van der Waals surface area contributed by atoms with Crippen molar-refractivity contribution >= 4 is 53.4 Å². The number of aromatic nitrogens is 1. The number of sulfonamides is 1. The van der Waals surface area contributed by atoms with Crippen molar-refractivity contribution in [2.24, 2.45) is 5.84 Å². The van der Waals surface area contributed by atoms with Gasteiger partial charge in [0.05, 0.1) is 5.69 Å². The van der Waals surface area contributed by atoms with Gasteiger partial charge in [0.1, 0.15) is 4.90 Å². The molecule has 0 spiro atoms. The van der Waals surface area contributed by atoms with Gasteiger partial charge >= 0.3 is 0 Å². The highest BCUT2D eigenvalue weighted by Crippen LogP contribution is 2.29. The van der Waals surface area contributed by atoms with Crippen molar-refractivity contribution < 1.29 is 8.42 Å². The first-order valence-electron chi connectivity index (χ1n) is 5.33. The summed E-state index contributed by atoms with van der Waals surface area (Å²) in [4.78, 5) is 3.84. The molecule has 106 valence electrons. The monoisotopic (exact) mass is 420 g/mol. The zero-order valence-corrected chi connectivity index (χ0v) is 14.0. The van der Waals surface area contributed by atoms with Crippen LogP contribution in [0.4, 0.5) is 11.5 Å². The zero-order chi connectivity index (χ0) is 14.8. The van der Waals surface area contributed by atoms with E-state index in [1.165, 1.54) is 18.3 Å². The molecular weight excluding hydrogens is 412 g/mol. The Labute approximate surface area is 133 Å². The fraction of sp³-hybridized carbons (Fsp3) is 0. The normalized spacial score (nSPS) is 11.2. The minimum Gasteiger partial charge on any atom is -0.307 e. The predicted molar refractivity (Wildman–Crippen MR) is 84.7 cm³/mol. The molecule has 0 amide bonds. The summed E-state index contributed by atoms with van der Waals surface area (Å²) in [5, 5.41) is 0. The molecule has 20 heavy (non-hydrogen) atoms. The second-order valence-electron chi connectivity index (χ2n) is 3.72. The van der Waals surface area contributed by atoms with Crippen LogP contribution in [0, 0.1) is 0 Å². The van der Waals surface area contributed by atoms with Crippen molar-refractivity contribution in [3.63, 3.8) is 0 Å². The maximum Gasteiger partial charge on any atom is 0.265 e. The molecule has 2 rings (SSSR count). The predicted octanol–water partition coefficient (Wildman–Crippen LogP) is 2.69. The molecule has 0 saturated heterocycles. The van der Waals surface area contributed by atoms with E-state index in [4.69, 9.17) is 5.84 Å². The molecule has 1 aromatic heterocycles. The summed E-state index contributed by atoms with van der Waals surface area (Å²) in [7, 11) is -3.79. The minimum atomic E-state index is -3.79. The molecule has 0 aliphatic rings. The third-order valence-corrected chi connectivity index (χ3v) is 4.92. The Morgan fingerprint density at radius 2 is 1.95 bits per heavy atom. The summed E-state index contributed by atoms with van der Waals surface area (Å²) in [6.45, 7) is 0. The second-order valence-corrected chi connectivity index (χ2v) is 7.14. The highest BCUT2D eigenvalue weighted by atomic mass is 79.9. The van der Waals surface area contributed by atoms with Gasteiger partial charge in [0.2, 0.25) is 0 Å². The lowest BCUT2D eigenvalue weighted by Gasteiger charge is -2.12. The number of benzene rings is 1. The van der Waals surface area contributed by atoms with Crippen molar-refractivity contribution in [3.05, 3.63) is 45.5 Å². The van der Waals surface area contributed by atoms with E-state index in [1.807, 2.05) is 0 Å². The third kappa shape index (κ3) is 3.29. The first-order valence-corrected chi connectivity index (χ1v) is 8.40. The van der Waals surface area contributed by atoms with E-state index in [0.29, 0.717) is 10.2 Å². The topological polar surface area (TPSA) is 97.1 Å². The van der Waals surface area contributed by atoms with Gasteiger partial charge in [-0.05, 0) is 46.3 Å². The Hall–Kier alpha value is -1.16. The third-order valence-electron chi connectivity index (χ3n) is 2.37. The number of pyridine rings is 1. The molecule has 2 aromatic rings. The van der Waals surface area contributed by atoms with Crippen LogP contribution in [0.3, 0.4) is 0 Å². The number of halogens is 2. The number of hydrogen-bond donors (Lipinski definition) is 3. The number of nitrogens with two attached hydrogens (primary N) is 1. The summed E-state index contributed by atoms with van der Waals surface area (Å²) >= 11 is 6.59. The van der Waals surface area contributed by atoms with E-state index < -0.39 is 10.0 Å². The smallest absolute Gasteiger partial charge is 0.265 e. The molecule has 0 aliphatic heterocycles. The van der Waals surface area contributed by atoms with E-state index >= 15 is 0 Å². The SMILES string of the molecule is NNc1ncccc1S(=O)(=O)Nc1ccc(Br)cc1Br. The number of nitrogens with zero attached hydrogens (tertiary/aromatic N) is 1. The van der Waals surface area contributed by atoms with E-state index in [1.54, 1.807) is 18.2 Å². The highest BCUT2D eigenvalue weighted by molar-refractivity contribution is 9.11. The van der Waals surface area contributed by atoms with Crippen LogP contribution in [-0.4, -0.2) is 13.4 Å². The molecule has 6 nitrogen and oxygen atoms in total. The second kappa shape index (κ2) is 6.08.